The molecule has 2 aromatic rings. The maximum atomic E-state index is 12.6. The van der Waals surface area contributed by atoms with E-state index in [0.717, 1.165) is 18.9 Å². The van der Waals surface area contributed by atoms with E-state index < -0.39 is 0 Å². The summed E-state index contributed by atoms with van der Waals surface area (Å²) in [6.07, 6.45) is 1.64. The third kappa shape index (κ3) is 3.83. The largest absolute Gasteiger partial charge is 0.496 e. The van der Waals surface area contributed by atoms with Crippen molar-refractivity contribution in [2.75, 3.05) is 50.7 Å². The average Bonchev–Trinajstić information content (AvgIpc) is 2.68. The second kappa shape index (κ2) is 7.85. The molecule has 25 heavy (non-hydrogen) atoms. The predicted molar refractivity (Wildman–Crippen MR) is 94.8 cm³/mol. The number of aromatic nitrogens is 1. The van der Waals surface area contributed by atoms with Gasteiger partial charge in [0.1, 0.15) is 22.9 Å². The van der Waals surface area contributed by atoms with Gasteiger partial charge >= 0.3 is 0 Å². The average molecular weight is 343 g/mol. The molecule has 1 saturated heterocycles. The molecule has 0 spiro atoms. The molecule has 3 rings (SSSR count). The number of nitrogens with zero attached hydrogens (tertiary/aromatic N) is 2. The van der Waals surface area contributed by atoms with Gasteiger partial charge in [-0.15, -0.1) is 0 Å². The van der Waals surface area contributed by atoms with E-state index in [4.69, 9.17) is 14.2 Å². The molecule has 0 saturated carbocycles. The fourth-order valence-electron chi connectivity index (χ4n) is 2.71. The van der Waals surface area contributed by atoms with Crippen molar-refractivity contribution >= 4 is 17.4 Å². The molecular weight excluding hydrogens is 322 g/mol. The Kier molecular flexibility index (Phi) is 5.35. The van der Waals surface area contributed by atoms with Crippen LogP contribution in [0.15, 0.2) is 36.5 Å². The summed E-state index contributed by atoms with van der Waals surface area (Å²) in [4.78, 5) is 19.2. The number of amides is 1. The minimum absolute atomic E-state index is 0.310. The predicted octanol–water partition coefficient (Wildman–Crippen LogP) is 2.19. The molecule has 0 radical (unpaired) electrons. The third-order valence-corrected chi connectivity index (χ3v) is 4.00. The number of carbonyl (C=O) groups is 1. The molecule has 7 nitrogen and oxygen atoms in total. The highest BCUT2D eigenvalue weighted by Gasteiger charge is 2.19. The fraction of sp³-hybridized carbons (Fsp3) is 0.333. The van der Waals surface area contributed by atoms with Gasteiger partial charge in [0, 0.05) is 13.1 Å². The highest BCUT2D eigenvalue weighted by molar-refractivity contribution is 6.08. The van der Waals surface area contributed by atoms with Gasteiger partial charge in [-0.05, 0) is 24.3 Å². The lowest BCUT2D eigenvalue weighted by molar-refractivity contribution is 0.102. The molecule has 2 heterocycles. The quantitative estimate of drug-likeness (QED) is 0.897. The molecule has 0 bridgehead atoms. The van der Waals surface area contributed by atoms with Crippen LogP contribution in [0, 0.1) is 0 Å². The minimum atomic E-state index is -0.310. The molecule has 132 valence electrons. The Hall–Kier alpha value is -2.80. The molecule has 7 heteroatoms. The summed E-state index contributed by atoms with van der Waals surface area (Å²) < 4.78 is 15.9. The maximum absolute atomic E-state index is 12.6. The Morgan fingerprint density at radius 2 is 1.80 bits per heavy atom. The summed E-state index contributed by atoms with van der Waals surface area (Å²) in [7, 11) is 3.04. The number of ether oxygens (including phenoxy) is 3. The number of nitrogens with one attached hydrogen (secondary N) is 1. The van der Waals surface area contributed by atoms with Gasteiger partial charge in [-0.1, -0.05) is 6.07 Å². The standard InChI is InChI=1S/C18H21N3O4/c1-23-14-4-3-5-15(24-2)17(14)18(22)20-13-6-7-16(19-12-13)21-8-10-25-11-9-21/h3-7,12H,8-11H2,1-2H3,(H,20,22). The van der Waals surface area contributed by atoms with Crippen molar-refractivity contribution in [1.82, 2.24) is 4.98 Å². The van der Waals surface area contributed by atoms with Crippen molar-refractivity contribution in [3.05, 3.63) is 42.1 Å². The molecular formula is C18H21N3O4. The SMILES string of the molecule is COc1cccc(OC)c1C(=O)Nc1ccc(N2CCOCC2)nc1. The van der Waals surface area contributed by atoms with Crippen LogP contribution in [0.3, 0.4) is 0 Å². The Morgan fingerprint density at radius 3 is 2.36 bits per heavy atom. The summed E-state index contributed by atoms with van der Waals surface area (Å²) in [5.41, 5.74) is 0.958. The van der Waals surface area contributed by atoms with Gasteiger partial charge < -0.3 is 24.4 Å². The van der Waals surface area contributed by atoms with Crippen molar-refractivity contribution in [3.63, 3.8) is 0 Å². The Morgan fingerprint density at radius 1 is 1.12 bits per heavy atom. The van der Waals surface area contributed by atoms with Crippen molar-refractivity contribution < 1.29 is 19.0 Å². The summed E-state index contributed by atoms with van der Waals surface area (Å²) in [5.74, 6) is 1.47. The Bertz CT molecular complexity index is 705. The number of morpholine rings is 1. The molecule has 1 fully saturated rings. The second-order valence-electron chi connectivity index (χ2n) is 5.50. The summed E-state index contributed by atoms with van der Waals surface area (Å²) >= 11 is 0. The van der Waals surface area contributed by atoms with Gasteiger partial charge in [-0.2, -0.15) is 0 Å². The molecule has 0 atom stereocenters. The zero-order valence-electron chi connectivity index (χ0n) is 14.3. The van der Waals surface area contributed by atoms with Gasteiger partial charge in [0.05, 0.1) is 39.3 Å². The minimum Gasteiger partial charge on any atom is -0.496 e. The first-order valence-corrected chi connectivity index (χ1v) is 8.04. The van der Waals surface area contributed by atoms with Crippen LogP contribution in [-0.2, 0) is 4.74 Å². The summed E-state index contributed by atoms with van der Waals surface area (Å²) in [6.45, 7) is 3.04. The van der Waals surface area contributed by atoms with Crippen LogP contribution in [-0.4, -0.2) is 51.4 Å². The van der Waals surface area contributed by atoms with Gasteiger partial charge in [-0.3, -0.25) is 4.79 Å². The third-order valence-electron chi connectivity index (χ3n) is 4.00. The van der Waals surface area contributed by atoms with Crippen LogP contribution in [0.2, 0.25) is 0 Å². The summed E-state index contributed by atoms with van der Waals surface area (Å²) in [6, 6.07) is 8.93. The van der Waals surface area contributed by atoms with Gasteiger partial charge in [0.2, 0.25) is 0 Å². The molecule has 1 aliphatic heterocycles. The molecule has 1 N–H and O–H groups in total. The molecule has 0 aliphatic carbocycles. The zero-order valence-corrected chi connectivity index (χ0v) is 14.3. The van der Waals surface area contributed by atoms with Crippen molar-refractivity contribution in [2.24, 2.45) is 0 Å². The first kappa shape index (κ1) is 17.0. The van der Waals surface area contributed by atoms with E-state index in [1.807, 2.05) is 12.1 Å². The Labute approximate surface area is 146 Å². The van der Waals surface area contributed by atoms with Crippen molar-refractivity contribution in [3.8, 4) is 11.5 Å². The number of hydrogen-bond acceptors (Lipinski definition) is 6. The summed E-state index contributed by atoms with van der Waals surface area (Å²) in [5, 5.41) is 2.83. The molecule has 1 aliphatic rings. The lowest BCUT2D eigenvalue weighted by atomic mass is 10.1. The molecule has 0 unspecified atom stereocenters. The lowest BCUT2D eigenvalue weighted by Gasteiger charge is -2.27. The number of hydrogen-bond donors (Lipinski definition) is 1. The molecule has 1 aromatic carbocycles. The van der Waals surface area contributed by atoms with Gasteiger partial charge in [0.25, 0.3) is 5.91 Å². The van der Waals surface area contributed by atoms with Crippen LogP contribution in [0.4, 0.5) is 11.5 Å². The Balaban J connectivity index is 1.75. The van der Waals surface area contributed by atoms with Crippen LogP contribution < -0.4 is 19.7 Å². The van der Waals surface area contributed by atoms with Crippen LogP contribution >= 0.6 is 0 Å². The maximum Gasteiger partial charge on any atom is 0.263 e. The first-order valence-electron chi connectivity index (χ1n) is 8.04. The van der Waals surface area contributed by atoms with Crippen molar-refractivity contribution in [1.29, 1.82) is 0 Å². The van der Waals surface area contributed by atoms with Crippen LogP contribution in [0.25, 0.3) is 0 Å². The van der Waals surface area contributed by atoms with E-state index >= 15 is 0 Å². The first-order chi connectivity index (χ1) is 12.2. The fourth-order valence-corrected chi connectivity index (χ4v) is 2.71. The highest BCUT2D eigenvalue weighted by atomic mass is 16.5. The highest BCUT2D eigenvalue weighted by Crippen LogP contribution is 2.29. The number of pyridine rings is 1. The van der Waals surface area contributed by atoms with Gasteiger partial charge in [-0.25, -0.2) is 4.98 Å². The molecule has 1 aromatic heterocycles. The number of benzene rings is 1. The number of anilines is 2. The second-order valence-corrected chi connectivity index (χ2v) is 5.50. The topological polar surface area (TPSA) is 72.9 Å². The normalized spacial score (nSPS) is 14.1. The lowest BCUT2D eigenvalue weighted by Crippen LogP contribution is -2.36. The van der Waals surface area contributed by atoms with E-state index in [1.54, 1.807) is 24.4 Å². The van der Waals surface area contributed by atoms with Crippen LogP contribution in [0.5, 0.6) is 11.5 Å². The van der Waals surface area contributed by atoms with Crippen molar-refractivity contribution in [2.45, 2.75) is 0 Å². The smallest absolute Gasteiger partial charge is 0.263 e. The number of methoxy groups -OCH3 is 2. The van der Waals surface area contributed by atoms with Crippen LogP contribution in [0.1, 0.15) is 10.4 Å². The van der Waals surface area contributed by atoms with E-state index in [-0.39, 0.29) is 5.91 Å². The van der Waals surface area contributed by atoms with E-state index in [0.29, 0.717) is 36.0 Å². The van der Waals surface area contributed by atoms with E-state index in [9.17, 15) is 4.79 Å². The zero-order chi connectivity index (χ0) is 17.6. The van der Waals surface area contributed by atoms with Gasteiger partial charge in [0.15, 0.2) is 0 Å². The number of carbonyl (C=O) groups excluding carboxylic acids is 1. The number of rotatable bonds is 5. The van der Waals surface area contributed by atoms with E-state index in [1.165, 1.54) is 14.2 Å². The monoisotopic (exact) mass is 343 g/mol. The van der Waals surface area contributed by atoms with E-state index in [2.05, 4.69) is 15.2 Å². The molecule has 1 amide bonds.